The van der Waals surface area contributed by atoms with E-state index in [1.165, 1.54) is 18.2 Å². The van der Waals surface area contributed by atoms with Crippen LogP contribution in [-0.4, -0.2) is 45.8 Å². The predicted molar refractivity (Wildman–Crippen MR) is 91.0 cm³/mol. The standard InChI is InChI=1S/C16H24N2O5S/c1-23-10-9-17-14-8-7-12(16(19)20)11-15(14)24(21,22)18-13-5-3-2-4-6-13/h7-8,11,13,17-18H,2-6,9-10H2,1H3,(H,19,20). The molecule has 8 heteroatoms. The van der Waals surface area contributed by atoms with Crippen molar-refractivity contribution in [2.75, 3.05) is 25.6 Å². The molecule has 1 aliphatic carbocycles. The van der Waals surface area contributed by atoms with Crippen LogP contribution in [0.2, 0.25) is 0 Å². The van der Waals surface area contributed by atoms with E-state index in [0.29, 0.717) is 18.8 Å². The Hall–Kier alpha value is -1.64. The fourth-order valence-corrected chi connectivity index (χ4v) is 4.33. The second-order valence-electron chi connectivity index (χ2n) is 5.89. The monoisotopic (exact) mass is 356 g/mol. The van der Waals surface area contributed by atoms with Gasteiger partial charge in [0.2, 0.25) is 10.0 Å². The van der Waals surface area contributed by atoms with Crippen LogP contribution in [0.1, 0.15) is 42.5 Å². The number of nitrogens with one attached hydrogen (secondary N) is 2. The predicted octanol–water partition coefficient (Wildman–Crippen LogP) is 2.05. The van der Waals surface area contributed by atoms with Crippen LogP contribution in [0.5, 0.6) is 0 Å². The number of sulfonamides is 1. The molecule has 0 bridgehead atoms. The summed E-state index contributed by atoms with van der Waals surface area (Å²) in [6.45, 7) is 0.838. The third-order valence-electron chi connectivity index (χ3n) is 4.07. The van der Waals surface area contributed by atoms with Gasteiger partial charge in [0, 0.05) is 19.7 Å². The molecule has 1 aromatic rings. The van der Waals surface area contributed by atoms with E-state index in [9.17, 15) is 13.2 Å². The zero-order valence-corrected chi connectivity index (χ0v) is 14.6. The van der Waals surface area contributed by atoms with Crippen molar-refractivity contribution in [3.63, 3.8) is 0 Å². The Morgan fingerprint density at radius 2 is 2.00 bits per heavy atom. The number of anilines is 1. The summed E-state index contributed by atoms with van der Waals surface area (Å²) < 4.78 is 33.2. The summed E-state index contributed by atoms with van der Waals surface area (Å²) in [6, 6.07) is 3.97. The first-order chi connectivity index (χ1) is 11.4. The molecule has 1 fully saturated rings. The van der Waals surface area contributed by atoms with E-state index in [-0.39, 0.29) is 16.5 Å². The fraction of sp³-hybridized carbons (Fsp3) is 0.562. The van der Waals surface area contributed by atoms with E-state index in [1.54, 1.807) is 7.11 Å². The van der Waals surface area contributed by atoms with Crippen LogP contribution in [0.4, 0.5) is 5.69 Å². The summed E-state index contributed by atoms with van der Waals surface area (Å²) in [4.78, 5) is 11.1. The minimum Gasteiger partial charge on any atom is -0.478 e. The van der Waals surface area contributed by atoms with Crippen LogP contribution in [0.15, 0.2) is 23.1 Å². The number of carbonyl (C=O) groups is 1. The van der Waals surface area contributed by atoms with Crippen LogP contribution in [0, 0.1) is 0 Å². The molecule has 1 saturated carbocycles. The molecule has 24 heavy (non-hydrogen) atoms. The molecule has 0 aromatic heterocycles. The maximum Gasteiger partial charge on any atom is 0.335 e. The number of rotatable bonds is 8. The number of methoxy groups -OCH3 is 1. The van der Waals surface area contributed by atoms with Gasteiger partial charge in [0.1, 0.15) is 4.90 Å². The third kappa shape index (κ3) is 4.93. The number of benzene rings is 1. The molecule has 0 radical (unpaired) electrons. The van der Waals surface area contributed by atoms with E-state index < -0.39 is 16.0 Å². The van der Waals surface area contributed by atoms with Gasteiger partial charge in [0.05, 0.1) is 17.9 Å². The van der Waals surface area contributed by atoms with Crippen LogP contribution < -0.4 is 10.0 Å². The Labute approximate surface area is 142 Å². The first-order valence-electron chi connectivity index (χ1n) is 8.06. The lowest BCUT2D eigenvalue weighted by molar-refractivity contribution is 0.0696. The molecule has 0 amide bonds. The van der Waals surface area contributed by atoms with Gasteiger partial charge in [-0.15, -0.1) is 0 Å². The normalized spacial score (nSPS) is 16.0. The van der Waals surface area contributed by atoms with E-state index in [1.807, 2.05) is 0 Å². The maximum atomic E-state index is 12.8. The number of ether oxygens (including phenoxy) is 1. The SMILES string of the molecule is COCCNc1ccc(C(=O)O)cc1S(=O)(=O)NC1CCCCC1. The largest absolute Gasteiger partial charge is 0.478 e. The van der Waals surface area contributed by atoms with Gasteiger partial charge in [-0.05, 0) is 31.0 Å². The Morgan fingerprint density at radius 1 is 1.29 bits per heavy atom. The average Bonchev–Trinajstić information content (AvgIpc) is 2.55. The van der Waals surface area contributed by atoms with Gasteiger partial charge >= 0.3 is 5.97 Å². The highest BCUT2D eigenvalue weighted by Gasteiger charge is 2.25. The molecule has 0 saturated heterocycles. The first kappa shape index (κ1) is 18.7. The first-order valence-corrected chi connectivity index (χ1v) is 9.55. The van der Waals surface area contributed by atoms with E-state index >= 15 is 0 Å². The minimum atomic E-state index is -3.80. The lowest BCUT2D eigenvalue weighted by Crippen LogP contribution is -2.36. The highest BCUT2D eigenvalue weighted by Crippen LogP contribution is 2.25. The van der Waals surface area contributed by atoms with E-state index in [0.717, 1.165) is 32.1 Å². The Bertz CT molecular complexity index is 669. The number of carboxylic acids is 1. The van der Waals surface area contributed by atoms with Crippen molar-refractivity contribution in [1.82, 2.24) is 4.72 Å². The van der Waals surface area contributed by atoms with Crippen molar-refractivity contribution in [1.29, 1.82) is 0 Å². The molecule has 3 N–H and O–H groups in total. The van der Waals surface area contributed by atoms with Crippen molar-refractivity contribution >= 4 is 21.7 Å². The smallest absolute Gasteiger partial charge is 0.335 e. The Balaban J connectivity index is 2.28. The molecule has 1 aromatic carbocycles. The second-order valence-corrected chi connectivity index (χ2v) is 7.57. The zero-order valence-electron chi connectivity index (χ0n) is 13.7. The lowest BCUT2D eigenvalue weighted by atomic mass is 9.96. The molecule has 0 atom stereocenters. The zero-order chi connectivity index (χ0) is 17.6. The number of carboxylic acid groups (broad SMARTS) is 1. The van der Waals surface area contributed by atoms with Gasteiger partial charge in [0.15, 0.2) is 0 Å². The van der Waals surface area contributed by atoms with Crippen molar-refractivity contribution in [2.45, 2.75) is 43.0 Å². The van der Waals surface area contributed by atoms with Crippen molar-refractivity contribution in [3.05, 3.63) is 23.8 Å². The van der Waals surface area contributed by atoms with E-state index in [2.05, 4.69) is 10.0 Å². The summed E-state index contributed by atoms with van der Waals surface area (Å²) in [5, 5.41) is 12.1. The molecule has 0 unspecified atom stereocenters. The molecular weight excluding hydrogens is 332 g/mol. The van der Waals surface area contributed by atoms with Gasteiger partial charge in [-0.2, -0.15) is 0 Å². The minimum absolute atomic E-state index is 0.0379. The van der Waals surface area contributed by atoms with Gasteiger partial charge in [0.25, 0.3) is 0 Å². The van der Waals surface area contributed by atoms with Crippen LogP contribution >= 0.6 is 0 Å². The van der Waals surface area contributed by atoms with Gasteiger partial charge in [-0.25, -0.2) is 17.9 Å². The van der Waals surface area contributed by atoms with Crippen LogP contribution in [0.25, 0.3) is 0 Å². The summed E-state index contributed by atoms with van der Waals surface area (Å²) in [5.41, 5.74) is 0.316. The maximum absolute atomic E-state index is 12.8. The van der Waals surface area contributed by atoms with E-state index in [4.69, 9.17) is 9.84 Å². The van der Waals surface area contributed by atoms with Gasteiger partial charge in [-0.1, -0.05) is 19.3 Å². The molecular formula is C16H24N2O5S. The summed E-state index contributed by atoms with van der Waals surface area (Å²) >= 11 is 0. The third-order valence-corrected chi connectivity index (χ3v) is 5.63. The Kier molecular flexibility index (Phi) is 6.59. The lowest BCUT2D eigenvalue weighted by Gasteiger charge is -2.23. The van der Waals surface area contributed by atoms with Crippen molar-refractivity contribution in [3.8, 4) is 0 Å². The van der Waals surface area contributed by atoms with Gasteiger partial charge in [-0.3, -0.25) is 0 Å². The fourth-order valence-electron chi connectivity index (χ4n) is 2.81. The highest BCUT2D eigenvalue weighted by molar-refractivity contribution is 7.89. The van der Waals surface area contributed by atoms with Crippen molar-refractivity contribution in [2.24, 2.45) is 0 Å². The quantitative estimate of drug-likeness (QED) is 0.616. The van der Waals surface area contributed by atoms with Crippen LogP contribution in [-0.2, 0) is 14.8 Å². The molecule has 0 heterocycles. The number of hydrogen-bond donors (Lipinski definition) is 3. The van der Waals surface area contributed by atoms with Crippen molar-refractivity contribution < 1.29 is 23.1 Å². The molecule has 0 spiro atoms. The Morgan fingerprint density at radius 3 is 2.62 bits per heavy atom. The molecule has 1 aliphatic rings. The second kappa shape index (κ2) is 8.46. The summed E-state index contributed by atoms with van der Waals surface area (Å²) in [6.07, 6.45) is 4.74. The van der Waals surface area contributed by atoms with Gasteiger partial charge < -0.3 is 15.2 Å². The summed E-state index contributed by atoms with van der Waals surface area (Å²) in [5.74, 6) is -1.16. The average molecular weight is 356 g/mol. The topological polar surface area (TPSA) is 105 Å². The molecule has 0 aliphatic heterocycles. The molecule has 7 nitrogen and oxygen atoms in total. The molecule has 2 rings (SSSR count). The number of aromatic carboxylic acids is 1. The highest BCUT2D eigenvalue weighted by atomic mass is 32.2. The molecule has 134 valence electrons. The summed E-state index contributed by atoms with van der Waals surface area (Å²) in [7, 11) is -2.25. The van der Waals surface area contributed by atoms with Crippen LogP contribution in [0.3, 0.4) is 0 Å². The number of hydrogen-bond acceptors (Lipinski definition) is 5.